The fourth-order valence-corrected chi connectivity index (χ4v) is 2.77. The normalized spacial score (nSPS) is 9.68. The number of carbonyl (C=O) groups excluding carboxylic acids is 5. The predicted octanol–water partition coefficient (Wildman–Crippen LogP) is -4.37. The largest absolute Gasteiger partial charge is 1.00 e. The molecule has 3 N–H and O–H groups in total. The van der Waals surface area contributed by atoms with Crippen LogP contribution in [-0.4, -0.2) is 69.4 Å². The van der Waals surface area contributed by atoms with Gasteiger partial charge < -0.3 is 40.9 Å². The van der Waals surface area contributed by atoms with Gasteiger partial charge in [-0.3, -0.25) is 14.4 Å². The second-order valence-corrected chi connectivity index (χ2v) is 7.64. The number of nitrogens with zero attached hydrogens (tertiary/aromatic N) is 2. The van der Waals surface area contributed by atoms with Crippen LogP contribution in [0.25, 0.3) is 10.6 Å². The molecule has 1 aromatic carbocycles. The van der Waals surface area contributed by atoms with Crippen molar-refractivity contribution in [2.45, 2.75) is 45.4 Å². The molecular weight excluding hydrogens is 625 g/mol. The zero-order valence-electron chi connectivity index (χ0n) is 22.4. The second kappa shape index (κ2) is 25.1. The summed E-state index contributed by atoms with van der Waals surface area (Å²) in [5.41, 5.74) is 1.10. The molecule has 194 valence electrons. The number of carbonyl (C=O) groups is 5. The quantitative estimate of drug-likeness (QED) is 0.113. The number of nitrogens with one attached hydrogen (secondary N) is 3. The van der Waals surface area contributed by atoms with E-state index in [2.05, 4.69) is 26.6 Å². The Morgan fingerprint density at radius 2 is 1.51 bits per heavy atom. The molecule has 5 amide bonds. The van der Waals surface area contributed by atoms with Crippen molar-refractivity contribution in [1.29, 1.82) is 0 Å². The number of benzene rings is 1. The van der Waals surface area contributed by atoms with Crippen molar-refractivity contribution in [3.8, 4) is 0 Å². The molecule has 0 unspecified atom stereocenters. The van der Waals surface area contributed by atoms with Crippen LogP contribution in [0.3, 0.4) is 0 Å². The summed E-state index contributed by atoms with van der Waals surface area (Å²) in [5.74, 6) is -1.57. The van der Waals surface area contributed by atoms with Crippen molar-refractivity contribution >= 4 is 35.2 Å². The third-order valence-electron chi connectivity index (χ3n) is 4.60. The zero-order chi connectivity index (χ0) is 25.9. The molecule has 0 atom stereocenters. The van der Waals surface area contributed by atoms with E-state index in [0.29, 0.717) is 31.7 Å². The van der Waals surface area contributed by atoms with Gasteiger partial charge in [-0.1, -0.05) is 31.2 Å². The van der Waals surface area contributed by atoms with E-state index in [4.69, 9.17) is 4.74 Å². The first-order valence-corrected chi connectivity index (χ1v) is 11.7. The standard InChI is InChI=1S/C24H37N5O6.2Rb/c1-3-11-26-21(31)5-4-14-35-15-13-28-23(33)17-24(34)29-19-8-6-18(7-9-19)16-22(32)27-12-10-20(30)25-2;;/h6-9H,3-5,10-17H2,1-2H3,(H5,25,26,27,28,29,30,31,32,33,34);;/q;2*+1/p-2. The molecule has 0 aromatic heterocycles. The van der Waals surface area contributed by atoms with Gasteiger partial charge in [-0.15, -0.1) is 12.2 Å². The van der Waals surface area contributed by atoms with Crippen molar-refractivity contribution in [2.24, 2.45) is 0 Å². The van der Waals surface area contributed by atoms with Crippen molar-refractivity contribution in [1.82, 2.24) is 16.0 Å². The first kappa shape index (κ1) is 39.3. The molecule has 0 fully saturated rings. The van der Waals surface area contributed by atoms with Crippen molar-refractivity contribution in [3.05, 3.63) is 40.5 Å². The average Bonchev–Trinajstić information content (AvgIpc) is 2.83. The molecule has 11 nitrogen and oxygen atoms in total. The van der Waals surface area contributed by atoms with Crippen molar-refractivity contribution in [2.75, 3.05) is 39.9 Å². The maximum absolute atomic E-state index is 12.0. The Hall–Kier alpha value is 0.140. The number of hydrogen-bond donors (Lipinski definition) is 3. The SMILES string of the molecule is CCCNC(=O)CCCOCC[N-]C(=O)CC(=O)[N-]c1ccc(CC(=O)NCCC(=O)NC)cc1.[Rb+].[Rb+]. The van der Waals surface area contributed by atoms with Crippen LogP contribution >= 0.6 is 0 Å². The van der Waals surface area contributed by atoms with Gasteiger partial charge in [-0.25, -0.2) is 0 Å². The van der Waals surface area contributed by atoms with Gasteiger partial charge in [0.15, 0.2) is 0 Å². The van der Waals surface area contributed by atoms with Crippen molar-refractivity contribution < 1.29 is 145 Å². The third-order valence-corrected chi connectivity index (χ3v) is 4.60. The molecule has 0 saturated carbocycles. The van der Waals surface area contributed by atoms with Crippen LogP contribution in [0.5, 0.6) is 0 Å². The maximum atomic E-state index is 12.0. The molecule has 0 spiro atoms. The fourth-order valence-electron chi connectivity index (χ4n) is 2.77. The van der Waals surface area contributed by atoms with Crippen LogP contribution < -0.4 is 132 Å². The van der Waals surface area contributed by atoms with Gasteiger partial charge in [-0.2, -0.15) is 0 Å². The van der Waals surface area contributed by atoms with Gasteiger partial charge in [0.25, 0.3) is 0 Å². The van der Waals surface area contributed by atoms with Gasteiger partial charge in [0.2, 0.25) is 17.7 Å². The topological polar surface area (TPSA) is 159 Å². The van der Waals surface area contributed by atoms with Gasteiger partial charge in [0.05, 0.1) is 18.2 Å². The number of amides is 5. The summed E-state index contributed by atoms with van der Waals surface area (Å²) in [6.07, 6.45) is 1.77. The minimum absolute atomic E-state index is 0. The zero-order valence-corrected chi connectivity index (χ0v) is 32.3. The van der Waals surface area contributed by atoms with Gasteiger partial charge >= 0.3 is 116 Å². The second-order valence-electron chi connectivity index (χ2n) is 7.64. The molecule has 0 bridgehead atoms. The summed E-state index contributed by atoms with van der Waals surface area (Å²) in [4.78, 5) is 58.3. The average molecular weight is 661 g/mol. The Kier molecular flexibility index (Phi) is 26.7. The summed E-state index contributed by atoms with van der Waals surface area (Å²) in [6.45, 7) is 3.66. The van der Waals surface area contributed by atoms with E-state index < -0.39 is 18.2 Å². The Morgan fingerprint density at radius 1 is 0.838 bits per heavy atom. The smallest absolute Gasteiger partial charge is 0.651 e. The third kappa shape index (κ3) is 21.6. The predicted molar refractivity (Wildman–Crippen MR) is 131 cm³/mol. The van der Waals surface area contributed by atoms with E-state index in [1.165, 1.54) is 7.05 Å². The minimum Gasteiger partial charge on any atom is -0.651 e. The van der Waals surface area contributed by atoms with Crippen molar-refractivity contribution in [3.63, 3.8) is 0 Å². The summed E-state index contributed by atoms with van der Waals surface area (Å²) in [6, 6.07) is 6.51. The fraction of sp³-hybridized carbons (Fsp3) is 0.542. The molecule has 0 aliphatic rings. The molecule has 1 rings (SSSR count). The molecule has 0 saturated heterocycles. The van der Waals surface area contributed by atoms with Crippen LogP contribution in [0.4, 0.5) is 5.69 Å². The van der Waals surface area contributed by atoms with E-state index in [9.17, 15) is 24.0 Å². The maximum Gasteiger partial charge on any atom is 1.00 e. The minimum atomic E-state index is -0.613. The Labute approximate surface area is 316 Å². The van der Waals surface area contributed by atoms with Crippen LogP contribution in [-0.2, 0) is 35.1 Å². The molecule has 0 aliphatic heterocycles. The van der Waals surface area contributed by atoms with E-state index in [1.807, 2.05) is 6.92 Å². The van der Waals surface area contributed by atoms with E-state index in [-0.39, 0.29) is 167 Å². The Bertz CT molecular complexity index is 839. The van der Waals surface area contributed by atoms with E-state index >= 15 is 0 Å². The Balaban J connectivity index is 0. The monoisotopic (exact) mass is 659 g/mol. The molecule has 37 heavy (non-hydrogen) atoms. The molecule has 13 heteroatoms. The summed E-state index contributed by atoms with van der Waals surface area (Å²) in [5, 5.41) is 15.6. The first-order valence-electron chi connectivity index (χ1n) is 11.7. The first-order chi connectivity index (χ1) is 16.8. The summed E-state index contributed by atoms with van der Waals surface area (Å²) < 4.78 is 5.33. The van der Waals surface area contributed by atoms with Crippen LogP contribution in [0, 0.1) is 0 Å². The summed E-state index contributed by atoms with van der Waals surface area (Å²) >= 11 is 0. The molecule has 0 aliphatic carbocycles. The summed E-state index contributed by atoms with van der Waals surface area (Å²) in [7, 11) is 1.53. The number of ether oxygens (including phenoxy) is 1. The van der Waals surface area contributed by atoms with E-state index in [1.54, 1.807) is 24.3 Å². The molecule has 0 heterocycles. The van der Waals surface area contributed by atoms with Gasteiger partial charge in [0, 0.05) is 52.6 Å². The van der Waals surface area contributed by atoms with Crippen LogP contribution in [0.2, 0.25) is 0 Å². The number of hydrogen-bond acceptors (Lipinski definition) is 6. The molecule has 1 aromatic rings. The number of rotatable bonds is 17. The Morgan fingerprint density at radius 3 is 2.16 bits per heavy atom. The molecular formula is C24H35N5O6Rb2. The molecule has 0 radical (unpaired) electrons. The van der Waals surface area contributed by atoms with Gasteiger partial charge in [-0.05, 0) is 18.4 Å². The van der Waals surface area contributed by atoms with E-state index in [0.717, 1.165) is 12.0 Å². The van der Waals surface area contributed by atoms with Crippen LogP contribution in [0.1, 0.15) is 44.6 Å². The van der Waals surface area contributed by atoms with Gasteiger partial charge in [0.1, 0.15) is 0 Å². The van der Waals surface area contributed by atoms with Crippen LogP contribution in [0.15, 0.2) is 24.3 Å².